The van der Waals surface area contributed by atoms with Crippen LogP contribution in [0.4, 0.5) is 14.5 Å². The molecule has 0 aliphatic rings. The second kappa shape index (κ2) is 8.36. The van der Waals surface area contributed by atoms with Gasteiger partial charge in [0.1, 0.15) is 5.82 Å². The van der Waals surface area contributed by atoms with Crippen LogP contribution in [0, 0.1) is 11.6 Å². The molecular formula is C15H22ClF2N. The summed E-state index contributed by atoms with van der Waals surface area (Å²) in [5.74, 6) is -1.29. The first kappa shape index (κ1) is 16.2. The van der Waals surface area contributed by atoms with E-state index in [0.717, 1.165) is 25.0 Å². The van der Waals surface area contributed by atoms with E-state index < -0.39 is 11.6 Å². The molecule has 0 spiro atoms. The molecule has 1 atom stereocenters. The lowest BCUT2D eigenvalue weighted by Gasteiger charge is -2.17. The molecule has 0 aliphatic heterocycles. The van der Waals surface area contributed by atoms with Crippen molar-refractivity contribution in [1.82, 2.24) is 0 Å². The van der Waals surface area contributed by atoms with Crippen molar-refractivity contribution in [3.63, 3.8) is 0 Å². The molecule has 0 aromatic heterocycles. The highest BCUT2D eigenvalue weighted by molar-refractivity contribution is 6.33. The van der Waals surface area contributed by atoms with Gasteiger partial charge >= 0.3 is 0 Å². The summed E-state index contributed by atoms with van der Waals surface area (Å²) < 4.78 is 26.5. The van der Waals surface area contributed by atoms with E-state index in [9.17, 15) is 8.78 Å². The van der Waals surface area contributed by atoms with Crippen LogP contribution in [-0.2, 0) is 0 Å². The summed E-state index contributed by atoms with van der Waals surface area (Å²) in [6.45, 7) is 4.17. The van der Waals surface area contributed by atoms with Crippen LogP contribution in [-0.4, -0.2) is 6.04 Å². The summed E-state index contributed by atoms with van der Waals surface area (Å²) >= 11 is 5.84. The Morgan fingerprint density at radius 1 is 1.16 bits per heavy atom. The summed E-state index contributed by atoms with van der Waals surface area (Å²) in [4.78, 5) is 0. The van der Waals surface area contributed by atoms with Crippen LogP contribution in [0.3, 0.4) is 0 Å². The molecule has 1 N–H and O–H groups in total. The molecule has 0 amide bonds. The third-order valence-electron chi connectivity index (χ3n) is 3.14. The SMILES string of the molecule is CCCCCCCC(C)Nc1c(F)cc(F)cc1Cl. The molecule has 1 aromatic rings. The maximum atomic E-state index is 13.6. The van der Waals surface area contributed by atoms with Crippen LogP contribution in [0.25, 0.3) is 0 Å². The smallest absolute Gasteiger partial charge is 0.150 e. The van der Waals surface area contributed by atoms with E-state index in [4.69, 9.17) is 11.6 Å². The summed E-state index contributed by atoms with van der Waals surface area (Å²) in [5, 5.41) is 3.12. The number of hydrogen-bond donors (Lipinski definition) is 1. The van der Waals surface area contributed by atoms with Gasteiger partial charge in [0.25, 0.3) is 0 Å². The first-order valence-corrected chi connectivity index (χ1v) is 7.33. The zero-order valence-corrected chi connectivity index (χ0v) is 12.4. The Balaban J connectivity index is 2.42. The number of halogens is 3. The minimum Gasteiger partial charge on any atom is -0.379 e. The van der Waals surface area contributed by atoms with Crippen LogP contribution < -0.4 is 5.32 Å². The van der Waals surface area contributed by atoms with Gasteiger partial charge in [-0.25, -0.2) is 8.78 Å². The number of unbranched alkanes of at least 4 members (excludes halogenated alkanes) is 4. The molecule has 1 aromatic carbocycles. The first-order valence-electron chi connectivity index (χ1n) is 6.95. The quantitative estimate of drug-likeness (QED) is 0.598. The zero-order chi connectivity index (χ0) is 14.3. The largest absolute Gasteiger partial charge is 0.379 e. The summed E-state index contributed by atoms with van der Waals surface area (Å²) in [6, 6.07) is 2.10. The van der Waals surface area contributed by atoms with Gasteiger partial charge in [0.2, 0.25) is 0 Å². The molecule has 0 aliphatic carbocycles. The first-order chi connectivity index (χ1) is 9.04. The van der Waals surface area contributed by atoms with Gasteiger partial charge in [0.05, 0.1) is 10.7 Å². The average molecular weight is 290 g/mol. The van der Waals surface area contributed by atoms with Crippen LogP contribution in [0.5, 0.6) is 0 Å². The normalized spacial score (nSPS) is 12.5. The lowest BCUT2D eigenvalue weighted by Crippen LogP contribution is -2.16. The van der Waals surface area contributed by atoms with Gasteiger partial charge in [-0.2, -0.15) is 0 Å². The molecule has 1 unspecified atom stereocenters. The predicted molar refractivity (Wildman–Crippen MR) is 77.8 cm³/mol. The van der Waals surface area contributed by atoms with Gasteiger partial charge in [-0.15, -0.1) is 0 Å². The number of anilines is 1. The molecule has 0 saturated heterocycles. The van der Waals surface area contributed by atoms with Crippen LogP contribution >= 0.6 is 11.6 Å². The second-order valence-corrected chi connectivity index (χ2v) is 5.40. The van der Waals surface area contributed by atoms with Crippen molar-refractivity contribution in [3.05, 3.63) is 28.8 Å². The van der Waals surface area contributed by atoms with Crippen molar-refractivity contribution in [3.8, 4) is 0 Å². The average Bonchev–Trinajstić information content (AvgIpc) is 2.33. The Morgan fingerprint density at radius 3 is 2.47 bits per heavy atom. The molecule has 4 heteroatoms. The van der Waals surface area contributed by atoms with Gasteiger partial charge in [-0.3, -0.25) is 0 Å². The molecular weight excluding hydrogens is 268 g/mol. The molecule has 0 radical (unpaired) electrons. The molecule has 0 heterocycles. The number of nitrogens with one attached hydrogen (secondary N) is 1. The zero-order valence-electron chi connectivity index (χ0n) is 11.6. The Bertz CT molecular complexity index is 373. The maximum Gasteiger partial charge on any atom is 0.150 e. The fourth-order valence-corrected chi connectivity index (χ4v) is 2.30. The highest BCUT2D eigenvalue weighted by Crippen LogP contribution is 2.27. The third-order valence-corrected chi connectivity index (χ3v) is 3.44. The highest BCUT2D eigenvalue weighted by atomic mass is 35.5. The summed E-state index contributed by atoms with van der Waals surface area (Å²) in [5.41, 5.74) is 0.198. The van der Waals surface area contributed by atoms with Crippen molar-refractivity contribution < 1.29 is 8.78 Å². The topological polar surface area (TPSA) is 12.0 Å². The molecule has 0 bridgehead atoms. The lowest BCUT2D eigenvalue weighted by molar-refractivity contribution is 0.567. The molecule has 1 nitrogen and oxygen atoms in total. The summed E-state index contributed by atoms with van der Waals surface area (Å²) in [6.07, 6.45) is 6.99. The van der Waals surface area contributed by atoms with E-state index >= 15 is 0 Å². The summed E-state index contributed by atoms with van der Waals surface area (Å²) in [7, 11) is 0. The Hall–Kier alpha value is -0.830. The maximum absolute atomic E-state index is 13.6. The Labute approximate surface area is 119 Å². The molecule has 0 saturated carbocycles. The van der Waals surface area contributed by atoms with Crippen LogP contribution in [0.1, 0.15) is 52.4 Å². The minimum absolute atomic E-state index is 0.0929. The van der Waals surface area contributed by atoms with E-state index in [1.54, 1.807) is 0 Å². The van der Waals surface area contributed by atoms with E-state index in [1.165, 1.54) is 25.7 Å². The standard InChI is InChI=1S/C15H22ClF2N/c1-3-4-5-6-7-8-11(2)19-15-13(16)9-12(17)10-14(15)18/h9-11,19H,3-8H2,1-2H3. The van der Waals surface area contributed by atoms with Crippen molar-refractivity contribution in [1.29, 1.82) is 0 Å². The van der Waals surface area contributed by atoms with E-state index in [1.807, 2.05) is 6.92 Å². The molecule has 19 heavy (non-hydrogen) atoms. The molecule has 1 rings (SSSR count). The van der Waals surface area contributed by atoms with Crippen molar-refractivity contribution in [2.75, 3.05) is 5.32 Å². The van der Waals surface area contributed by atoms with Gasteiger partial charge < -0.3 is 5.32 Å². The van der Waals surface area contributed by atoms with Crippen molar-refractivity contribution in [2.24, 2.45) is 0 Å². The number of rotatable bonds is 8. The van der Waals surface area contributed by atoms with Crippen molar-refractivity contribution in [2.45, 2.75) is 58.4 Å². The number of hydrogen-bond acceptors (Lipinski definition) is 1. The fourth-order valence-electron chi connectivity index (χ4n) is 2.05. The molecule has 0 fully saturated rings. The monoisotopic (exact) mass is 289 g/mol. The number of benzene rings is 1. The highest BCUT2D eigenvalue weighted by Gasteiger charge is 2.12. The Kier molecular flexibility index (Phi) is 7.14. The fraction of sp³-hybridized carbons (Fsp3) is 0.600. The van der Waals surface area contributed by atoms with Gasteiger partial charge in [-0.1, -0.05) is 50.6 Å². The van der Waals surface area contributed by atoms with Crippen LogP contribution in [0.15, 0.2) is 12.1 Å². The Morgan fingerprint density at radius 2 is 1.84 bits per heavy atom. The van der Waals surface area contributed by atoms with Gasteiger partial charge in [0, 0.05) is 12.1 Å². The van der Waals surface area contributed by atoms with Gasteiger partial charge in [0.15, 0.2) is 5.82 Å². The van der Waals surface area contributed by atoms with Gasteiger partial charge in [-0.05, 0) is 19.4 Å². The predicted octanol–water partition coefficient (Wildman–Crippen LogP) is 5.78. The molecule has 108 valence electrons. The minimum atomic E-state index is -0.653. The third kappa shape index (κ3) is 5.77. The lowest BCUT2D eigenvalue weighted by atomic mass is 10.1. The van der Waals surface area contributed by atoms with E-state index in [2.05, 4.69) is 12.2 Å². The van der Waals surface area contributed by atoms with E-state index in [0.29, 0.717) is 0 Å². The van der Waals surface area contributed by atoms with E-state index in [-0.39, 0.29) is 16.8 Å². The van der Waals surface area contributed by atoms with Crippen molar-refractivity contribution >= 4 is 17.3 Å². The second-order valence-electron chi connectivity index (χ2n) is 4.99. The van der Waals surface area contributed by atoms with Crippen LogP contribution in [0.2, 0.25) is 5.02 Å².